The Hall–Kier alpha value is -2.18. The predicted molar refractivity (Wildman–Crippen MR) is 73.8 cm³/mol. The number of aromatic nitrogens is 4. The molecule has 108 valence electrons. The quantitative estimate of drug-likeness (QED) is 0.863. The van der Waals surface area contributed by atoms with Crippen LogP contribution in [0.4, 0.5) is 5.95 Å². The van der Waals surface area contributed by atoms with Gasteiger partial charge in [0, 0.05) is 24.7 Å². The number of nitrogens with one attached hydrogen (secondary N) is 1. The van der Waals surface area contributed by atoms with Crippen LogP contribution < -0.4 is 10.1 Å². The van der Waals surface area contributed by atoms with Crippen LogP contribution in [0.3, 0.4) is 0 Å². The fourth-order valence-electron chi connectivity index (χ4n) is 1.64. The van der Waals surface area contributed by atoms with Crippen LogP contribution >= 0.6 is 0 Å². The van der Waals surface area contributed by atoms with Gasteiger partial charge in [-0.1, -0.05) is 5.16 Å². The molecule has 0 saturated carbocycles. The Labute approximate surface area is 117 Å². The van der Waals surface area contributed by atoms with Crippen LogP contribution in [-0.2, 0) is 6.42 Å². The molecule has 2 rings (SSSR count). The SMILES string of the molecule is Cc1cc(OC(C)C)nc(NCCc2nc(C)no2)n1. The van der Waals surface area contributed by atoms with Crippen LogP contribution in [0.1, 0.15) is 31.3 Å². The summed E-state index contributed by atoms with van der Waals surface area (Å²) in [6.07, 6.45) is 0.705. The normalized spacial score (nSPS) is 10.8. The van der Waals surface area contributed by atoms with E-state index >= 15 is 0 Å². The van der Waals surface area contributed by atoms with Crippen LogP contribution in [0, 0.1) is 13.8 Å². The Morgan fingerprint density at radius 2 is 2.05 bits per heavy atom. The molecular formula is C13H19N5O2. The van der Waals surface area contributed by atoms with Gasteiger partial charge in [-0.3, -0.25) is 0 Å². The zero-order valence-electron chi connectivity index (χ0n) is 12.2. The molecule has 0 radical (unpaired) electrons. The molecule has 0 amide bonds. The summed E-state index contributed by atoms with van der Waals surface area (Å²) < 4.78 is 10.6. The number of rotatable bonds is 6. The van der Waals surface area contributed by atoms with Gasteiger partial charge in [0.05, 0.1) is 6.10 Å². The lowest BCUT2D eigenvalue weighted by Gasteiger charge is -2.11. The molecule has 0 aliphatic rings. The molecule has 1 N–H and O–H groups in total. The summed E-state index contributed by atoms with van der Waals surface area (Å²) in [6.45, 7) is 8.23. The van der Waals surface area contributed by atoms with Crippen molar-refractivity contribution in [3.8, 4) is 5.88 Å². The Morgan fingerprint density at radius 3 is 2.70 bits per heavy atom. The van der Waals surface area contributed by atoms with Crippen LogP contribution in [-0.4, -0.2) is 32.8 Å². The second-order valence-electron chi connectivity index (χ2n) is 4.75. The van der Waals surface area contributed by atoms with Crippen molar-refractivity contribution in [2.45, 2.75) is 40.2 Å². The fraction of sp³-hybridized carbons (Fsp3) is 0.538. The van der Waals surface area contributed by atoms with Crippen molar-refractivity contribution in [1.29, 1.82) is 0 Å². The van der Waals surface area contributed by atoms with E-state index in [1.807, 2.05) is 26.8 Å². The van der Waals surface area contributed by atoms with Gasteiger partial charge in [0.15, 0.2) is 5.82 Å². The number of ether oxygens (including phenoxy) is 1. The largest absolute Gasteiger partial charge is 0.475 e. The number of hydrogen-bond donors (Lipinski definition) is 1. The molecule has 0 spiro atoms. The van der Waals surface area contributed by atoms with Gasteiger partial charge in [-0.15, -0.1) is 0 Å². The molecule has 0 unspecified atom stereocenters. The van der Waals surface area contributed by atoms with E-state index < -0.39 is 0 Å². The Balaban J connectivity index is 1.93. The number of hydrogen-bond acceptors (Lipinski definition) is 7. The second-order valence-corrected chi connectivity index (χ2v) is 4.75. The van der Waals surface area contributed by atoms with E-state index in [-0.39, 0.29) is 6.10 Å². The van der Waals surface area contributed by atoms with E-state index in [0.29, 0.717) is 36.5 Å². The first-order chi connectivity index (χ1) is 9.52. The molecule has 0 bridgehead atoms. The predicted octanol–water partition coefficient (Wildman–Crippen LogP) is 1.92. The Bertz CT molecular complexity index is 568. The van der Waals surface area contributed by atoms with Crippen molar-refractivity contribution < 1.29 is 9.26 Å². The van der Waals surface area contributed by atoms with Gasteiger partial charge in [0.1, 0.15) is 0 Å². The maximum atomic E-state index is 5.57. The summed E-state index contributed by atoms with van der Waals surface area (Å²) in [4.78, 5) is 12.7. The van der Waals surface area contributed by atoms with Gasteiger partial charge in [-0.25, -0.2) is 4.98 Å². The van der Waals surface area contributed by atoms with E-state index in [4.69, 9.17) is 9.26 Å². The van der Waals surface area contributed by atoms with Crippen molar-refractivity contribution in [1.82, 2.24) is 20.1 Å². The highest BCUT2D eigenvalue weighted by molar-refractivity contribution is 5.30. The maximum absolute atomic E-state index is 5.57. The summed E-state index contributed by atoms with van der Waals surface area (Å²) in [5.74, 6) is 2.35. The lowest BCUT2D eigenvalue weighted by atomic mass is 10.4. The van der Waals surface area contributed by atoms with Crippen LogP contribution in [0.2, 0.25) is 0 Å². The zero-order valence-corrected chi connectivity index (χ0v) is 12.2. The molecule has 0 aliphatic heterocycles. The molecule has 0 aromatic carbocycles. The average molecular weight is 277 g/mol. The Kier molecular flexibility index (Phi) is 4.49. The second kappa shape index (κ2) is 6.31. The zero-order chi connectivity index (χ0) is 14.5. The molecule has 2 heterocycles. The number of anilines is 1. The highest BCUT2D eigenvalue weighted by atomic mass is 16.5. The van der Waals surface area contributed by atoms with Crippen LogP contribution in [0.5, 0.6) is 5.88 Å². The fourth-order valence-corrected chi connectivity index (χ4v) is 1.64. The molecule has 2 aromatic rings. The standard InChI is InChI=1S/C13H19N5O2/c1-8(2)19-12-7-9(3)15-13(17-12)14-6-5-11-16-10(4)18-20-11/h7-8H,5-6H2,1-4H3,(H,14,15,17). The topological polar surface area (TPSA) is 86.0 Å². The third-order valence-electron chi connectivity index (χ3n) is 2.38. The van der Waals surface area contributed by atoms with Gasteiger partial charge in [-0.05, 0) is 27.7 Å². The lowest BCUT2D eigenvalue weighted by Crippen LogP contribution is -2.12. The minimum atomic E-state index is 0.0820. The van der Waals surface area contributed by atoms with E-state index in [1.54, 1.807) is 6.92 Å². The smallest absolute Gasteiger partial charge is 0.228 e. The molecule has 0 fully saturated rings. The van der Waals surface area contributed by atoms with Crippen molar-refractivity contribution >= 4 is 5.95 Å². The van der Waals surface area contributed by atoms with Crippen molar-refractivity contribution in [3.63, 3.8) is 0 Å². The number of aryl methyl sites for hydroxylation is 2. The van der Waals surface area contributed by atoms with Crippen molar-refractivity contribution in [3.05, 3.63) is 23.5 Å². The molecule has 2 aromatic heterocycles. The third-order valence-corrected chi connectivity index (χ3v) is 2.38. The first-order valence-corrected chi connectivity index (χ1v) is 6.58. The van der Waals surface area contributed by atoms with Gasteiger partial charge in [0.25, 0.3) is 0 Å². The van der Waals surface area contributed by atoms with E-state index in [1.165, 1.54) is 0 Å². The monoisotopic (exact) mass is 277 g/mol. The van der Waals surface area contributed by atoms with Crippen molar-refractivity contribution in [2.24, 2.45) is 0 Å². The third kappa shape index (κ3) is 4.18. The molecule has 0 aliphatic carbocycles. The van der Waals surface area contributed by atoms with E-state index in [9.17, 15) is 0 Å². The maximum Gasteiger partial charge on any atom is 0.228 e. The Morgan fingerprint density at radius 1 is 1.25 bits per heavy atom. The highest BCUT2D eigenvalue weighted by Crippen LogP contribution is 2.13. The number of nitrogens with zero attached hydrogens (tertiary/aromatic N) is 4. The van der Waals surface area contributed by atoms with Gasteiger partial charge < -0.3 is 14.6 Å². The first-order valence-electron chi connectivity index (χ1n) is 6.58. The molecule has 7 heteroatoms. The van der Waals surface area contributed by atoms with Gasteiger partial charge in [-0.2, -0.15) is 9.97 Å². The summed E-state index contributed by atoms with van der Waals surface area (Å²) >= 11 is 0. The summed E-state index contributed by atoms with van der Waals surface area (Å²) in [5.41, 5.74) is 0.854. The van der Waals surface area contributed by atoms with E-state index in [2.05, 4.69) is 25.4 Å². The highest BCUT2D eigenvalue weighted by Gasteiger charge is 2.06. The molecule has 7 nitrogen and oxygen atoms in total. The summed E-state index contributed by atoms with van der Waals surface area (Å²) in [6, 6.07) is 1.81. The van der Waals surface area contributed by atoms with E-state index in [0.717, 1.165) is 5.69 Å². The molecule has 20 heavy (non-hydrogen) atoms. The first kappa shape index (κ1) is 14.2. The lowest BCUT2D eigenvalue weighted by molar-refractivity contribution is 0.232. The van der Waals surface area contributed by atoms with Crippen molar-refractivity contribution in [2.75, 3.05) is 11.9 Å². The molecule has 0 atom stereocenters. The van der Waals surface area contributed by atoms with Gasteiger partial charge in [0.2, 0.25) is 17.7 Å². The van der Waals surface area contributed by atoms with Crippen LogP contribution in [0.25, 0.3) is 0 Å². The van der Waals surface area contributed by atoms with Gasteiger partial charge >= 0.3 is 0 Å². The molecular weight excluding hydrogens is 258 g/mol. The van der Waals surface area contributed by atoms with Crippen LogP contribution in [0.15, 0.2) is 10.6 Å². The minimum absolute atomic E-state index is 0.0820. The minimum Gasteiger partial charge on any atom is -0.475 e. The summed E-state index contributed by atoms with van der Waals surface area (Å²) in [5, 5.41) is 6.86. The summed E-state index contributed by atoms with van der Waals surface area (Å²) in [7, 11) is 0. The average Bonchev–Trinajstić information content (AvgIpc) is 2.73. The molecule has 0 saturated heterocycles.